The Bertz CT molecular complexity index is 578. The van der Waals surface area contributed by atoms with E-state index in [2.05, 4.69) is 5.32 Å². The van der Waals surface area contributed by atoms with E-state index in [0.717, 1.165) is 0 Å². The maximum Gasteiger partial charge on any atom is 0.161 e. The van der Waals surface area contributed by atoms with Crippen LogP contribution in [0.3, 0.4) is 0 Å². The number of rotatable bonds is 6. The van der Waals surface area contributed by atoms with Crippen LogP contribution >= 0.6 is 11.6 Å². The van der Waals surface area contributed by atoms with Crippen molar-refractivity contribution in [1.29, 1.82) is 0 Å². The zero-order valence-corrected chi connectivity index (χ0v) is 11.8. The SMILES string of the molecule is COc1ccccc1OCCNc1ccc(F)cc1Cl. The minimum atomic E-state index is -0.356. The van der Waals surface area contributed by atoms with E-state index in [1.807, 2.05) is 24.3 Å². The van der Waals surface area contributed by atoms with Gasteiger partial charge in [0.15, 0.2) is 11.5 Å². The molecule has 0 aliphatic heterocycles. The molecular weight excluding hydrogens is 281 g/mol. The van der Waals surface area contributed by atoms with E-state index < -0.39 is 0 Å². The predicted molar refractivity (Wildman–Crippen MR) is 78.4 cm³/mol. The van der Waals surface area contributed by atoms with E-state index in [1.54, 1.807) is 13.2 Å². The zero-order chi connectivity index (χ0) is 14.4. The van der Waals surface area contributed by atoms with E-state index in [4.69, 9.17) is 21.1 Å². The Morgan fingerprint density at radius 2 is 1.90 bits per heavy atom. The highest BCUT2D eigenvalue weighted by molar-refractivity contribution is 6.33. The summed E-state index contributed by atoms with van der Waals surface area (Å²) in [6.07, 6.45) is 0. The summed E-state index contributed by atoms with van der Waals surface area (Å²) in [5, 5.41) is 3.43. The second kappa shape index (κ2) is 7.01. The number of methoxy groups -OCH3 is 1. The molecule has 3 nitrogen and oxygen atoms in total. The fourth-order valence-electron chi connectivity index (χ4n) is 1.72. The van der Waals surface area contributed by atoms with Crippen LogP contribution < -0.4 is 14.8 Å². The van der Waals surface area contributed by atoms with E-state index in [0.29, 0.717) is 35.4 Å². The van der Waals surface area contributed by atoms with Crippen molar-refractivity contribution in [2.75, 3.05) is 25.6 Å². The molecule has 5 heteroatoms. The summed E-state index contributed by atoms with van der Waals surface area (Å²) in [5.74, 6) is 1.01. The lowest BCUT2D eigenvalue weighted by Crippen LogP contribution is -2.12. The number of para-hydroxylation sites is 2. The van der Waals surface area contributed by atoms with Gasteiger partial charge in [-0.15, -0.1) is 0 Å². The first-order valence-corrected chi connectivity index (χ1v) is 6.53. The fraction of sp³-hybridized carbons (Fsp3) is 0.200. The highest BCUT2D eigenvalue weighted by atomic mass is 35.5. The molecule has 0 unspecified atom stereocenters. The Balaban J connectivity index is 1.84. The number of hydrogen-bond donors (Lipinski definition) is 1. The quantitative estimate of drug-likeness (QED) is 0.818. The van der Waals surface area contributed by atoms with Crippen molar-refractivity contribution < 1.29 is 13.9 Å². The van der Waals surface area contributed by atoms with Crippen LogP contribution in [0.25, 0.3) is 0 Å². The second-order valence-corrected chi connectivity index (χ2v) is 4.46. The lowest BCUT2D eigenvalue weighted by Gasteiger charge is -2.12. The van der Waals surface area contributed by atoms with E-state index in [-0.39, 0.29) is 5.82 Å². The van der Waals surface area contributed by atoms with E-state index in [1.165, 1.54) is 12.1 Å². The number of benzene rings is 2. The van der Waals surface area contributed by atoms with Crippen molar-refractivity contribution in [3.63, 3.8) is 0 Å². The van der Waals surface area contributed by atoms with Gasteiger partial charge in [0.25, 0.3) is 0 Å². The van der Waals surface area contributed by atoms with Gasteiger partial charge < -0.3 is 14.8 Å². The van der Waals surface area contributed by atoms with Gasteiger partial charge in [0.2, 0.25) is 0 Å². The molecule has 0 atom stereocenters. The molecule has 2 rings (SSSR count). The molecule has 0 spiro atoms. The summed E-state index contributed by atoms with van der Waals surface area (Å²) in [6, 6.07) is 11.6. The maximum atomic E-state index is 12.9. The van der Waals surface area contributed by atoms with Crippen molar-refractivity contribution in [1.82, 2.24) is 0 Å². The van der Waals surface area contributed by atoms with E-state index in [9.17, 15) is 4.39 Å². The molecule has 0 aromatic heterocycles. The summed E-state index contributed by atoms with van der Waals surface area (Å²) < 4.78 is 23.7. The number of halogens is 2. The average molecular weight is 296 g/mol. The Hall–Kier alpha value is -1.94. The third kappa shape index (κ3) is 3.78. The minimum Gasteiger partial charge on any atom is -0.493 e. The third-order valence-electron chi connectivity index (χ3n) is 2.68. The standard InChI is InChI=1S/C15H15ClFNO2/c1-19-14-4-2-3-5-15(14)20-9-8-18-13-7-6-11(17)10-12(13)16/h2-7,10,18H,8-9H2,1H3. The summed E-state index contributed by atoms with van der Waals surface area (Å²) in [7, 11) is 1.60. The van der Waals surface area contributed by atoms with Crippen LogP contribution in [0.1, 0.15) is 0 Å². The highest BCUT2D eigenvalue weighted by Gasteiger charge is 2.03. The lowest BCUT2D eigenvalue weighted by atomic mass is 10.3. The number of nitrogens with one attached hydrogen (secondary N) is 1. The first-order chi connectivity index (χ1) is 9.70. The molecule has 106 valence electrons. The number of ether oxygens (including phenoxy) is 2. The van der Waals surface area contributed by atoms with Crippen LogP contribution in [-0.4, -0.2) is 20.3 Å². The van der Waals surface area contributed by atoms with Crippen LogP contribution in [0.5, 0.6) is 11.5 Å². The van der Waals surface area contributed by atoms with Crippen molar-refractivity contribution in [3.8, 4) is 11.5 Å². The van der Waals surface area contributed by atoms with Crippen molar-refractivity contribution in [2.45, 2.75) is 0 Å². The molecule has 0 heterocycles. The molecule has 2 aromatic carbocycles. The van der Waals surface area contributed by atoms with Gasteiger partial charge in [-0.1, -0.05) is 23.7 Å². The van der Waals surface area contributed by atoms with Crippen LogP contribution in [0, 0.1) is 5.82 Å². The molecule has 2 aromatic rings. The molecule has 20 heavy (non-hydrogen) atoms. The van der Waals surface area contributed by atoms with Crippen LogP contribution in [0.15, 0.2) is 42.5 Å². The second-order valence-electron chi connectivity index (χ2n) is 4.05. The number of anilines is 1. The summed E-state index contributed by atoms with van der Waals surface area (Å²) >= 11 is 5.91. The third-order valence-corrected chi connectivity index (χ3v) is 2.99. The van der Waals surface area contributed by atoms with Gasteiger partial charge in [-0.2, -0.15) is 0 Å². The first-order valence-electron chi connectivity index (χ1n) is 6.15. The van der Waals surface area contributed by atoms with Gasteiger partial charge in [-0.3, -0.25) is 0 Å². The van der Waals surface area contributed by atoms with Crippen molar-refractivity contribution >= 4 is 17.3 Å². The van der Waals surface area contributed by atoms with E-state index >= 15 is 0 Å². The Kier molecular flexibility index (Phi) is 5.07. The monoisotopic (exact) mass is 295 g/mol. The molecule has 1 N–H and O–H groups in total. The fourth-order valence-corrected chi connectivity index (χ4v) is 1.95. The molecule has 0 fully saturated rings. The Morgan fingerprint density at radius 3 is 2.60 bits per heavy atom. The minimum absolute atomic E-state index is 0.349. The summed E-state index contributed by atoms with van der Waals surface area (Å²) in [6.45, 7) is 0.984. The van der Waals surface area contributed by atoms with Gasteiger partial charge in [0.05, 0.1) is 17.8 Å². The molecule has 0 aliphatic rings. The molecule has 0 bridgehead atoms. The molecule has 0 saturated heterocycles. The largest absolute Gasteiger partial charge is 0.493 e. The predicted octanol–water partition coefficient (Wildman–Crippen LogP) is 3.98. The van der Waals surface area contributed by atoms with Crippen LogP contribution in [-0.2, 0) is 0 Å². The molecule has 0 saturated carbocycles. The Labute approximate surface area is 122 Å². The highest BCUT2D eigenvalue weighted by Crippen LogP contribution is 2.26. The van der Waals surface area contributed by atoms with Crippen LogP contribution in [0.2, 0.25) is 5.02 Å². The number of hydrogen-bond acceptors (Lipinski definition) is 3. The summed E-state index contributed by atoms with van der Waals surface area (Å²) in [5.41, 5.74) is 0.677. The van der Waals surface area contributed by atoms with Gasteiger partial charge in [-0.05, 0) is 30.3 Å². The topological polar surface area (TPSA) is 30.5 Å². The molecule has 0 radical (unpaired) electrons. The van der Waals surface area contributed by atoms with Gasteiger partial charge in [-0.25, -0.2) is 4.39 Å². The van der Waals surface area contributed by atoms with Crippen LogP contribution in [0.4, 0.5) is 10.1 Å². The maximum absolute atomic E-state index is 12.9. The van der Waals surface area contributed by atoms with Gasteiger partial charge >= 0.3 is 0 Å². The first kappa shape index (κ1) is 14.5. The Morgan fingerprint density at radius 1 is 1.15 bits per heavy atom. The zero-order valence-electron chi connectivity index (χ0n) is 11.0. The molecule has 0 aliphatic carbocycles. The van der Waals surface area contributed by atoms with Gasteiger partial charge in [0.1, 0.15) is 12.4 Å². The smallest absolute Gasteiger partial charge is 0.161 e. The van der Waals surface area contributed by atoms with Crippen molar-refractivity contribution in [3.05, 3.63) is 53.3 Å². The van der Waals surface area contributed by atoms with Crippen molar-refractivity contribution in [2.24, 2.45) is 0 Å². The average Bonchev–Trinajstić information content (AvgIpc) is 2.46. The summed E-state index contributed by atoms with van der Waals surface area (Å²) in [4.78, 5) is 0. The molecule has 0 amide bonds. The van der Waals surface area contributed by atoms with Gasteiger partial charge in [0, 0.05) is 6.54 Å². The molecular formula is C15H15ClFNO2. The lowest BCUT2D eigenvalue weighted by molar-refractivity contribution is 0.306. The normalized spacial score (nSPS) is 10.2.